The standard InChI is InChI=1S/C24H25N5O3/c1-16-8-4-5-9-17(16)15-29-22(30)20-21(26(2)24(29)31)25-23-27(12-7-13-28(20)23)18-10-6-11-19(14-18)32-3/h4-6,8-11,14H,7,12-13,15H2,1-3H3. The Hall–Kier alpha value is -3.81. The van der Waals surface area contributed by atoms with Gasteiger partial charge in [0.15, 0.2) is 11.2 Å². The Balaban J connectivity index is 1.70. The first-order valence-electron chi connectivity index (χ1n) is 10.7. The molecule has 1 aliphatic rings. The molecule has 3 heterocycles. The van der Waals surface area contributed by atoms with Crippen molar-refractivity contribution >= 4 is 22.8 Å². The molecule has 8 heteroatoms. The highest BCUT2D eigenvalue weighted by Crippen LogP contribution is 2.32. The molecule has 0 N–H and O–H groups in total. The maximum absolute atomic E-state index is 13.5. The lowest BCUT2D eigenvalue weighted by atomic mass is 10.1. The molecule has 4 aromatic rings. The number of aryl methyl sites for hydroxylation is 3. The zero-order valence-corrected chi connectivity index (χ0v) is 18.4. The van der Waals surface area contributed by atoms with Gasteiger partial charge in [0.25, 0.3) is 5.56 Å². The molecule has 0 spiro atoms. The van der Waals surface area contributed by atoms with Gasteiger partial charge >= 0.3 is 5.69 Å². The predicted octanol–water partition coefficient (Wildman–Crippen LogP) is 2.80. The topological polar surface area (TPSA) is 74.3 Å². The number of rotatable bonds is 4. The molecule has 0 unspecified atom stereocenters. The Bertz CT molecular complexity index is 1450. The summed E-state index contributed by atoms with van der Waals surface area (Å²) in [5, 5.41) is 0. The summed E-state index contributed by atoms with van der Waals surface area (Å²) in [6.07, 6.45) is 0.857. The van der Waals surface area contributed by atoms with Crippen molar-refractivity contribution in [1.29, 1.82) is 0 Å². The van der Waals surface area contributed by atoms with Crippen molar-refractivity contribution in [1.82, 2.24) is 18.7 Å². The first-order chi connectivity index (χ1) is 15.5. The second-order valence-electron chi connectivity index (χ2n) is 8.10. The van der Waals surface area contributed by atoms with E-state index in [0.29, 0.717) is 23.7 Å². The molecule has 164 valence electrons. The molecule has 1 aliphatic heterocycles. The second kappa shape index (κ2) is 7.71. The van der Waals surface area contributed by atoms with Gasteiger partial charge < -0.3 is 14.2 Å². The van der Waals surface area contributed by atoms with Gasteiger partial charge in [-0.25, -0.2) is 4.79 Å². The van der Waals surface area contributed by atoms with Crippen LogP contribution in [0.2, 0.25) is 0 Å². The second-order valence-corrected chi connectivity index (χ2v) is 8.10. The minimum atomic E-state index is -0.367. The van der Waals surface area contributed by atoms with Crippen molar-refractivity contribution < 1.29 is 4.74 Å². The van der Waals surface area contributed by atoms with Crippen LogP contribution in [-0.2, 0) is 20.1 Å². The molecule has 0 aliphatic carbocycles. The summed E-state index contributed by atoms with van der Waals surface area (Å²) in [7, 11) is 3.31. The summed E-state index contributed by atoms with van der Waals surface area (Å²) in [5.74, 6) is 1.42. The van der Waals surface area contributed by atoms with Gasteiger partial charge in [-0.05, 0) is 36.6 Å². The summed E-state index contributed by atoms with van der Waals surface area (Å²) < 4.78 is 10.1. The number of aromatic nitrogens is 4. The van der Waals surface area contributed by atoms with Gasteiger partial charge in [-0.15, -0.1) is 0 Å². The monoisotopic (exact) mass is 431 g/mol. The summed E-state index contributed by atoms with van der Waals surface area (Å²) in [6, 6.07) is 15.6. The van der Waals surface area contributed by atoms with Crippen LogP contribution in [0, 0.1) is 6.92 Å². The molecule has 0 radical (unpaired) electrons. The number of hydrogen-bond acceptors (Lipinski definition) is 5. The molecule has 8 nitrogen and oxygen atoms in total. The molecule has 32 heavy (non-hydrogen) atoms. The zero-order chi connectivity index (χ0) is 22.4. The van der Waals surface area contributed by atoms with Crippen LogP contribution >= 0.6 is 0 Å². The van der Waals surface area contributed by atoms with Crippen molar-refractivity contribution in [2.45, 2.75) is 26.4 Å². The van der Waals surface area contributed by atoms with Gasteiger partial charge in [0.1, 0.15) is 5.75 Å². The molecular formula is C24H25N5O3. The smallest absolute Gasteiger partial charge is 0.332 e. The number of hydrogen-bond donors (Lipinski definition) is 0. The molecule has 2 aromatic carbocycles. The molecule has 0 saturated carbocycles. The van der Waals surface area contributed by atoms with Crippen molar-refractivity contribution in [2.24, 2.45) is 7.05 Å². The maximum Gasteiger partial charge on any atom is 0.332 e. The van der Waals surface area contributed by atoms with Gasteiger partial charge in [0.2, 0.25) is 5.95 Å². The van der Waals surface area contributed by atoms with E-state index in [9.17, 15) is 9.59 Å². The van der Waals surface area contributed by atoms with Gasteiger partial charge in [-0.2, -0.15) is 4.98 Å². The average Bonchev–Trinajstić information content (AvgIpc) is 3.21. The Labute approximate surface area is 184 Å². The zero-order valence-electron chi connectivity index (χ0n) is 18.4. The Morgan fingerprint density at radius 1 is 1.06 bits per heavy atom. The average molecular weight is 431 g/mol. The fraction of sp³-hybridized carbons (Fsp3) is 0.292. The number of benzene rings is 2. The molecule has 2 aromatic heterocycles. The van der Waals surface area contributed by atoms with Crippen LogP contribution in [0.3, 0.4) is 0 Å². The van der Waals surface area contributed by atoms with Crippen molar-refractivity contribution in [2.75, 3.05) is 18.6 Å². The first kappa shape index (κ1) is 20.1. The lowest BCUT2D eigenvalue weighted by Gasteiger charge is -2.29. The number of methoxy groups -OCH3 is 1. The first-order valence-corrected chi connectivity index (χ1v) is 10.7. The minimum absolute atomic E-state index is 0.230. The third-order valence-corrected chi connectivity index (χ3v) is 6.17. The van der Waals surface area contributed by atoms with Gasteiger partial charge in [-0.1, -0.05) is 30.3 Å². The Morgan fingerprint density at radius 2 is 1.88 bits per heavy atom. The normalized spacial score (nSPS) is 13.4. The van der Waals surface area contributed by atoms with Crippen LogP contribution in [0.4, 0.5) is 11.6 Å². The van der Waals surface area contributed by atoms with Crippen LogP contribution in [0.15, 0.2) is 58.1 Å². The highest BCUT2D eigenvalue weighted by Gasteiger charge is 2.27. The van der Waals surface area contributed by atoms with Gasteiger partial charge in [0.05, 0.1) is 13.7 Å². The fourth-order valence-corrected chi connectivity index (χ4v) is 4.39. The Kier molecular flexibility index (Phi) is 4.84. The lowest BCUT2D eigenvalue weighted by Crippen LogP contribution is -2.40. The van der Waals surface area contributed by atoms with Crippen molar-refractivity contribution in [3.8, 4) is 5.75 Å². The van der Waals surface area contributed by atoms with Crippen molar-refractivity contribution in [3.05, 3.63) is 80.5 Å². The number of nitrogens with zero attached hydrogens (tertiary/aromatic N) is 5. The number of ether oxygens (including phenoxy) is 1. The van der Waals surface area contributed by atoms with Crippen LogP contribution in [-0.4, -0.2) is 32.3 Å². The van der Waals surface area contributed by atoms with Gasteiger partial charge in [0, 0.05) is 31.9 Å². The molecule has 0 fully saturated rings. The van der Waals surface area contributed by atoms with E-state index in [1.54, 1.807) is 14.2 Å². The van der Waals surface area contributed by atoms with E-state index in [0.717, 1.165) is 35.5 Å². The molecule has 5 rings (SSSR count). The third-order valence-electron chi connectivity index (χ3n) is 6.17. The van der Waals surface area contributed by atoms with Crippen LogP contribution in [0.1, 0.15) is 17.5 Å². The quantitative estimate of drug-likeness (QED) is 0.497. The number of fused-ring (bicyclic) bond motifs is 3. The highest BCUT2D eigenvalue weighted by atomic mass is 16.5. The largest absolute Gasteiger partial charge is 0.497 e. The maximum atomic E-state index is 13.5. The van der Waals surface area contributed by atoms with E-state index in [-0.39, 0.29) is 17.8 Å². The van der Waals surface area contributed by atoms with Gasteiger partial charge in [-0.3, -0.25) is 13.9 Å². The molecule has 0 amide bonds. The van der Waals surface area contributed by atoms with Crippen molar-refractivity contribution in [3.63, 3.8) is 0 Å². The molecular weight excluding hydrogens is 406 g/mol. The summed E-state index contributed by atoms with van der Waals surface area (Å²) in [4.78, 5) is 33.5. The molecule has 0 bridgehead atoms. The summed E-state index contributed by atoms with van der Waals surface area (Å²) >= 11 is 0. The SMILES string of the molecule is COc1cccc(N2CCCn3c2nc2c3c(=O)n(Cc3ccccc3C)c(=O)n2C)c1. The van der Waals surface area contributed by atoms with E-state index < -0.39 is 0 Å². The third kappa shape index (κ3) is 3.10. The molecule has 0 atom stereocenters. The summed E-state index contributed by atoms with van der Waals surface area (Å²) in [6.45, 7) is 3.65. The van der Waals surface area contributed by atoms with E-state index in [2.05, 4.69) is 4.90 Å². The van der Waals surface area contributed by atoms with E-state index in [4.69, 9.17) is 9.72 Å². The van der Waals surface area contributed by atoms with E-state index >= 15 is 0 Å². The van der Waals surface area contributed by atoms with E-state index in [1.807, 2.05) is 60.0 Å². The summed E-state index contributed by atoms with van der Waals surface area (Å²) in [5.41, 5.74) is 3.12. The lowest BCUT2D eigenvalue weighted by molar-refractivity contribution is 0.415. The number of imidazole rings is 1. The van der Waals surface area contributed by atoms with Crippen LogP contribution < -0.4 is 20.9 Å². The Morgan fingerprint density at radius 3 is 2.66 bits per heavy atom. The van der Waals surface area contributed by atoms with Crippen LogP contribution in [0.25, 0.3) is 11.2 Å². The highest BCUT2D eigenvalue weighted by molar-refractivity contribution is 5.77. The minimum Gasteiger partial charge on any atom is -0.497 e. The van der Waals surface area contributed by atoms with Crippen LogP contribution in [0.5, 0.6) is 5.75 Å². The number of anilines is 2. The van der Waals surface area contributed by atoms with E-state index in [1.165, 1.54) is 9.13 Å². The molecule has 0 saturated heterocycles. The fourth-order valence-electron chi connectivity index (χ4n) is 4.39. The predicted molar refractivity (Wildman–Crippen MR) is 124 cm³/mol.